The first kappa shape index (κ1) is 12.8. The number of aromatic nitrogens is 2. The average Bonchev–Trinajstić information content (AvgIpc) is 2.94. The molecule has 0 unspecified atom stereocenters. The van der Waals surface area contributed by atoms with Gasteiger partial charge in [0.15, 0.2) is 5.69 Å². The normalized spacial score (nSPS) is 16.8. The van der Waals surface area contributed by atoms with E-state index in [4.69, 9.17) is 9.52 Å². The van der Waals surface area contributed by atoms with Crippen molar-refractivity contribution in [3.8, 4) is 11.6 Å². The molecule has 2 aromatic heterocycles. The number of carbonyl (C=O) groups is 1. The molecule has 0 aromatic carbocycles. The van der Waals surface area contributed by atoms with Crippen molar-refractivity contribution in [3.63, 3.8) is 0 Å². The van der Waals surface area contributed by atoms with E-state index < -0.39 is 5.60 Å². The zero-order valence-corrected chi connectivity index (χ0v) is 10.6. The molecule has 2 N–H and O–H groups in total. The number of carbonyl (C=O) groups excluding carboxylic acids is 1. The van der Waals surface area contributed by atoms with Crippen LogP contribution in [0.25, 0.3) is 11.6 Å². The summed E-state index contributed by atoms with van der Waals surface area (Å²) in [5.41, 5.74) is -0.490. The summed E-state index contributed by atoms with van der Waals surface area (Å²) in [6.45, 7) is -0.184. The Morgan fingerprint density at radius 2 is 2.25 bits per heavy atom. The molecule has 1 saturated heterocycles. The van der Waals surface area contributed by atoms with Crippen LogP contribution in [0.15, 0.2) is 35.1 Å². The van der Waals surface area contributed by atoms with E-state index in [-0.39, 0.29) is 37.2 Å². The van der Waals surface area contributed by atoms with E-state index in [9.17, 15) is 9.90 Å². The first-order valence-electron chi connectivity index (χ1n) is 6.11. The maximum atomic E-state index is 12.1. The van der Waals surface area contributed by atoms with Crippen LogP contribution in [-0.4, -0.2) is 56.3 Å². The lowest BCUT2D eigenvalue weighted by Crippen LogP contribution is -2.65. The van der Waals surface area contributed by atoms with E-state index in [0.717, 1.165) is 0 Å². The Bertz CT molecular complexity index is 620. The van der Waals surface area contributed by atoms with Gasteiger partial charge in [0.05, 0.1) is 19.7 Å². The van der Waals surface area contributed by atoms with Gasteiger partial charge in [-0.15, -0.1) is 0 Å². The number of rotatable bonds is 3. The van der Waals surface area contributed by atoms with Crippen LogP contribution in [0.2, 0.25) is 0 Å². The summed E-state index contributed by atoms with van der Waals surface area (Å²) in [7, 11) is 0. The summed E-state index contributed by atoms with van der Waals surface area (Å²) in [5.74, 6) is -0.0686. The molecule has 0 saturated carbocycles. The molecule has 1 amide bonds. The molecule has 0 aliphatic carbocycles. The average molecular weight is 275 g/mol. The van der Waals surface area contributed by atoms with Gasteiger partial charge in [-0.05, 0) is 12.1 Å². The summed E-state index contributed by atoms with van der Waals surface area (Å²) < 4.78 is 5.24. The minimum Gasteiger partial charge on any atom is -0.442 e. The van der Waals surface area contributed by atoms with Crippen molar-refractivity contribution < 1.29 is 19.4 Å². The topological polar surface area (TPSA) is 99.7 Å². The van der Waals surface area contributed by atoms with Crippen LogP contribution in [0.4, 0.5) is 0 Å². The zero-order valence-electron chi connectivity index (χ0n) is 10.6. The van der Waals surface area contributed by atoms with Crippen LogP contribution in [0.1, 0.15) is 10.5 Å². The first-order valence-corrected chi connectivity index (χ1v) is 6.11. The van der Waals surface area contributed by atoms with Gasteiger partial charge in [-0.1, -0.05) is 6.07 Å². The number of nitrogens with zero attached hydrogens (tertiary/aromatic N) is 3. The smallest absolute Gasteiger partial charge is 0.276 e. The van der Waals surface area contributed by atoms with Gasteiger partial charge in [0.2, 0.25) is 5.89 Å². The maximum absolute atomic E-state index is 12.1. The van der Waals surface area contributed by atoms with Crippen molar-refractivity contribution in [2.24, 2.45) is 0 Å². The van der Waals surface area contributed by atoms with E-state index in [2.05, 4.69) is 9.97 Å². The Hall–Kier alpha value is -2.25. The highest BCUT2D eigenvalue weighted by atomic mass is 16.3. The largest absolute Gasteiger partial charge is 0.442 e. The Morgan fingerprint density at radius 3 is 2.90 bits per heavy atom. The predicted octanol–water partition coefficient (Wildman–Crippen LogP) is -0.0842. The molecule has 1 aliphatic rings. The minimum absolute atomic E-state index is 0.0914. The van der Waals surface area contributed by atoms with Gasteiger partial charge in [-0.25, -0.2) is 4.98 Å². The lowest BCUT2D eigenvalue weighted by Gasteiger charge is -2.44. The maximum Gasteiger partial charge on any atom is 0.276 e. The fourth-order valence-electron chi connectivity index (χ4n) is 2.05. The standard InChI is InChI=1S/C13H13N3O4/c17-8-13(19)6-16(7-13)12(18)10-5-20-11(15-10)9-3-1-2-4-14-9/h1-5,17,19H,6-8H2. The lowest BCUT2D eigenvalue weighted by atomic mass is 9.95. The van der Waals surface area contributed by atoms with Gasteiger partial charge in [0.1, 0.15) is 17.6 Å². The molecule has 1 aliphatic heterocycles. The van der Waals surface area contributed by atoms with Crippen molar-refractivity contribution >= 4 is 5.91 Å². The van der Waals surface area contributed by atoms with Crippen LogP contribution in [0.5, 0.6) is 0 Å². The van der Waals surface area contributed by atoms with Crippen molar-refractivity contribution in [1.29, 1.82) is 0 Å². The summed E-state index contributed by atoms with van der Waals surface area (Å²) in [5, 5.41) is 18.6. The molecule has 0 bridgehead atoms. The Balaban J connectivity index is 1.73. The van der Waals surface area contributed by atoms with Crippen molar-refractivity contribution in [1.82, 2.24) is 14.9 Å². The minimum atomic E-state index is -1.19. The molecule has 7 nitrogen and oxygen atoms in total. The molecule has 20 heavy (non-hydrogen) atoms. The third-order valence-corrected chi connectivity index (χ3v) is 3.16. The molecule has 0 spiro atoms. The molecule has 2 aromatic rings. The van der Waals surface area contributed by atoms with Crippen LogP contribution < -0.4 is 0 Å². The van der Waals surface area contributed by atoms with Gasteiger partial charge in [-0.2, -0.15) is 0 Å². The van der Waals surface area contributed by atoms with Gasteiger partial charge >= 0.3 is 0 Å². The van der Waals surface area contributed by atoms with Crippen molar-refractivity contribution in [3.05, 3.63) is 36.4 Å². The molecule has 104 valence electrons. The molecule has 3 rings (SSSR count). The zero-order chi connectivity index (χ0) is 14.2. The molecule has 1 fully saturated rings. The van der Waals surface area contributed by atoms with E-state index in [1.54, 1.807) is 24.4 Å². The summed E-state index contributed by atoms with van der Waals surface area (Å²) in [6, 6.07) is 5.30. The Kier molecular flexibility index (Phi) is 3.00. The van der Waals surface area contributed by atoms with Gasteiger partial charge in [-0.3, -0.25) is 9.78 Å². The molecule has 0 atom stereocenters. The highest BCUT2D eigenvalue weighted by Gasteiger charge is 2.44. The lowest BCUT2D eigenvalue weighted by molar-refractivity contribution is -0.110. The number of pyridine rings is 1. The quantitative estimate of drug-likeness (QED) is 0.812. The summed E-state index contributed by atoms with van der Waals surface area (Å²) in [4.78, 5) is 21.6. The van der Waals surface area contributed by atoms with Crippen molar-refractivity contribution in [2.75, 3.05) is 19.7 Å². The molecule has 7 heteroatoms. The first-order chi connectivity index (χ1) is 9.61. The number of likely N-dealkylation sites (tertiary alicyclic amines) is 1. The van der Waals surface area contributed by atoms with Gasteiger partial charge < -0.3 is 19.5 Å². The monoisotopic (exact) mass is 275 g/mol. The molecular weight excluding hydrogens is 262 g/mol. The molecule has 0 radical (unpaired) electrons. The van der Waals surface area contributed by atoms with Crippen LogP contribution in [-0.2, 0) is 0 Å². The highest BCUT2D eigenvalue weighted by molar-refractivity contribution is 5.93. The summed E-state index contributed by atoms with van der Waals surface area (Å²) in [6.07, 6.45) is 2.88. The molecular formula is C13H13N3O4. The van der Waals surface area contributed by atoms with Crippen LogP contribution in [0.3, 0.4) is 0 Å². The van der Waals surface area contributed by atoms with Crippen molar-refractivity contribution in [2.45, 2.75) is 5.60 Å². The second-order valence-corrected chi connectivity index (χ2v) is 4.80. The number of aliphatic hydroxyl groups is 2. The van der Waals surface area contributed by atoms with Gasteiger partial charge in [0, 0.05) is 6.20 Å². The Morgan fingerprint density at radius 1 is 1.45 bits per heavy atom. The van der Waals surface area contributed by atoms with Crippen LogP contribution in [0, 0.1) is 0 Å². The number of hydrogen-bond donors (Lipinski definition) is 2. The van der Waals surface area contributed by atoms with E-state index in [1.165, 1.54) is 11.2 Å². The van der Waals surface area contributed by atoms with E-state index in [1.807, 2.05) is 0 Å². The number of aliphatic hydroxyl groups excluding tert-OH is 1. The molecule has 3 heterocycles. The SMILES string of the molecule is O=C(c1coc(-c2ccccn2)n1)N1CC(O)(CO)C1. The van der Waals surface area contributed by atoms with Crippen LogP contribution >= 0.6 is 0 Å². The second kappa shape index (κ2) is 4.69. The summed E-state index contributed by atoms with van der Waals surface area (Å²) >= 11 is 0. The third-order valence-electron chi connectivity index (χ3n) is 3.16. The van der Waals surface area contributed by atoms with E-state index in [0.29, 0.717) is 5.69 Å². The predicted molar refractivity (Wildman–Crippen MR) is 67.7 cm³/mol. The highest BCUT2D eigenvalue weighted by Crippen LogP contribution is 2.23. The second-order valence-electron chi connectivity index (χ2n) is 4.80. The number of hydrogen-bond acceptors (Lipinski definition) is 6. The Labute approximate surface area is 114 Å². The van der Waals surface area contributed by atoms with Gasteiger partial charge in [0.25, 0.3) is 5.91 Å². The fraction of sp³-hybridized carbons (Fsp3) is 0.308. The third kappa shape index (κ3) is 2.17. The fourth-order valence-corrected chi connectivity index (χ4v) is 2.05. The number of amides is 1. The number of β-amino-alcohol motifs (C(OH)–C–C–N with tert-alkyl or cyclic N) is 1. The van der Waals surface area contributed by atoms with E-state index >= 15 is 0 Å². The number of oxazole rings is 1.